The molecule has 4 rings (SSSR count). The smallest absolute Gasteiger partial charge is 0.237 e. The molecule has 0 bridgehead atoms. The molecule has 0 saturated carbocycles. The Morgan fingerprint density at radius 2 is 1.72 bits per heavy atom. The van der Waals surface area contributed by atoms with Crippen LogP contribution in [0.3, 0.4) is 0 Å². The molecule has 3 heterocycles. The van der Waals surface area contributed by atoms with Gasteiger partial charge < -0.3 is 0 Å². The number of hydrogen-bond acceptors (Lipinski definition) is 4. The molecule has 124 valence electrons. The Balaban J connectivity index is 1.94. The minimum atomic E-state index is -3.77. The third-order valence-corrected chi connectivity index (χ3v) is 5.53. The molecule has 0 N–H and O–H groups in total. The van der Waals surface area contributed by atoms with Gasteiger partial charge in [-0.25, -0.2) is 22.4 Å². The fourth-order valence-corrected chi connectivity index (χ4v) is 4.02. The van der Waals surface area contributed by atoms with Gasteiger partial charge in [0, 0.05) is 23.3 Å². The monoisotopic (exact) mass is 353 g/mol. The van der Waals surface area contributed by atoms with E-state index >= 15 is 0 Å². The van der Waals surface area contributed by atoms with E-state index in [4.69, 9.17) is 0 Å². The zero-order chi connectivity index (χ0) is 17.4. The number of rotatable bonds is 3. The summed E-state index contributed by atoms with van der Waals surface area (Å²) in [5.74, 6) is -0.598. The lowest BCUT2D eigenvalue weighted by Crippen LogP contribution is -2.12. The largest absolute Gasteiger partial charge is 0.269 e. The highest BCUT2D eigenvalue weighted by Crippen LogP contribution is 2.28. The second kappa shape index (κ2) is 5.78. The van der Waals surface area contributed by atoms with Crippen molar-refractivity contribution in [1.29, 1.82) is 0 Å². The summed E-state index contributed by atoms with van der Waals surface area (Å²) in [5, 5.41) is 0.583. The topological polar surface area (TPSA) is 64.8 Å². The van der Waals surface area contributed by atoms with E-state index in [-0.39, 0.29) is 10.5 Å². The number of halogens is 1. The summed E-state index contributed by atoms with van der Waals surface area (Å²) in [4.78, 5) is 8.24. The van der Waals surface area contributed by atoms with Crippen LogP contribution in [0, 0.1) is 5.95 Å². The fraction of sp³-hybridized carbons (Fsp3) is 0. The number of pyridine rings is 2. The molecule has 0 amide bonds. The highest BCUT2D eigenvalue weighted by Gasteiger charge is 2.20. The van der Waals surface area contributed by atoms with Crippen LogP contribution in [0.5, 0.6) is 0 Å². The lowest BCUT2D eigenvalue weighted by Gasteiger charge is -2.08. The maximum absolute atomic E-state index is 13.4. The second-order valence-corrected chi connectivity index (χ2v) is 7.19. The number of fused-ring (bicyclic) bond motifs is 1. The molecule has 0 fully saturated rings. The maximum atomic E-state index is 13.4. The van der Waals surface area contributed by atoms with E-state index in [1.54, 1.807) is 42.5 Å². The van der Waals surface area contributed by atoms with Crippen LogP contribution in [0.1, 0.15) is 0 Å². The Kier molecular flexibility index (Phi) is 3.58. The highest BCUT2D eigenvalue weighted by atomic mass is 32.2. The first-order valence-electron chi connectivity index (χ1n) is 7.47. The van der Waals surface area contributed by atoms with Gasteiger partial charge in [0.05, 0.1) is 10.6 Å². The van der Waals surface area contributed by atoms with Crippen LogP contribution in [0.4, 0.5) is 4.39 Å². The number of hydrogen-bond donors (Lipinski definition) is 0. The first-order valence-corrected chi connectivity index (χ1v) is 8.91. The van der Waals surface area contributed by atoms with Gasteiger partial charge in [0.1, 0.15) is 0 Å². The molecule has 0 saturated heterocycles. The van der Waals surface area contributed by atoms with Gasteiger partial charge in [-0.1, -0.05) is 24.3 Å². The summed E-state index contributed by atoms with van der Waals surface area (Å²) in [6.45, 7) is 0. The van der Waals surface area contributed by atoms with Gasteiger partial charge in [-0.2, -0.15) is 4.39 Å². The molecule has 0 aliphatic heterocycles. The predicted molar refractivity (Wildman–Crippen MR) is 91.9 cm³/mol. The lowest BCUT2D eigenvalue weighted by molar-refractivity contribution is 0.585. The van der Waals surface area contributed by atoms with Crippen molar-refractivity contribution in [3.63, 3.8) is 0 Å². The molecule has 0 atom stereocenters. The number of benzene rings is 1. The van der Waals surface area contributed by atoms with E-state index < -0.39 is 16.0 Å². The van der Waals surface area contributed by atoms with Crippen LogP contribution in [0.25, 0.3) is 22.3 Å². The first kappa shape index (κ1) is 15.5. The minimum absolute atomic E-state index is 0.170. The van der Waals surface area contributed by atoms with Crippen LogP contribution >= 0.6 is 0 Å². The SMILES string of the molecule is O=S(=O)(c1ccccc1)n1ccc2c(-c3cccc(F)n3)ccnc21. The van der Waals surface area contributed by atoms with Crippen molar-refractivity contribution >= 4 is 21.1 Å². The Labute approximate surface area is 143 Å². The van der Waals surface area contributed by atoms with Crippen molar-refractivity contribution in [2.45, 2.75) is 4.90 Å². The van der Waals surface area contributed by atoms with Crippen molar-refractivity contribution < 1.29 is 12.8 Å². The molecule has 5 nitrogen and oxygen atoms in total. The number of nitrogens with zero attached hydrogens (tertiary/aromatic N) is 3. The van der Waals surface area contributed by atoms with Crippen molar-refractivity contribution in [3.05, 3.63) is 79.0 Å². The molecule has 7 heteroatoms. The summed E-state index contributed by atoms with van der Waals surface area (Å²) in [6.07, 6.45) is 2.93. The maximum Gasteiger partial charge on any atom is 0.269 e. The molecule has 4 aromatic rings. The van der Waals surface area contributed by atoms with Gasteiger partial charge in [-0.05, 0) is 36.4 Å². The van der Waals surface area contributed by atoms with Gasteiger partial charge in [-0.15, -0.1) is 0 Å². The molecule has 25 heavy (non-hydrogen) atoms. The van der Waals surface area contributed by atoms with Crippen LogP contribution in [0.2, 0.25) is 0 Å². The first-order chi connectivity index (χ1) is 12.1. The van der Waals surface area contributed by atoms with Crippen molar-refractivity contribution in [2.24, 2.45) is 0 Å². The molecule has 0 spiro atoms. The van der Waals surface area contributed by atoms with E-state index in [0.717, 1.165) is 3.97 Å². The van der Waals surface area contributed by atoms with E-state index in [9.17, 15) is 12.8 Å². The summed E-state index contributed by atoms with van der Waals surface area (Å²) in [6, 6.07) is 15.9. The van der Waals surface area contributed by atoms with E-state index in [0.29, 0.717) is 16.6 Å². The molecular formula is C18H12FN3O2S. The van der Waals surface area contributed by atoms with Gasteiger partial charge >= 0.3 is 0 Å². The van der Waals surface area contributed by atoms with Gasteiger partial charge in [0.2, 0.25) is 5.95 Å². The normalized spacial score (nSPS) is 11.7. The van der Waals surface area contributed by atoms with Crippen LogP contribution in [0.15, 0.2) is 78.0 Å². The molecule has 3 aromatic heterocycles. The van der Waals surface area contributed by atoms with Crippen LogP contribution in [-0.2, 0) is 10.0 Å². The van der Waals surface area contributed by atoms with E-state index in [2.05, 4.69) is 9.97 Å². The molecule has 0 aliphatic rings. The van der Waals surface area contributed by atoms with Crippen molar-refractivity contribution in [2.75, 3.05) is 0 Å². The Hall–Kier alpha value is -3.06. The molecule has 0 aliphatic carbocycles. The van der Waals surface area contributed by atoms with Crippen molar-refractivity contribution in [3.8, 4) is 11.3 Å². The van der Waals surface area contributed by atoms with E-state index in [1.165, 1.54) is 30.6 Å². The Bertz CT molecular complexity index is 1170. The summed E-state index contributed by atoms with van der Waals surface area (Å²) in [5.41, 5.74) is 1.31. The average molecular weight is 353 g/mol. The zero-order valence-electron chi connectivity index (χ0n) is 12.9. The second-order valence-electron chi connectivity index (χ2n) is 5.37. The van der Waals surface area contributed by atoms with Gasteiger partial charge in [-0.3, -0.25) is 0 Å². The molecular weight excluding hydrogens is 341 g/mol. The van der Waals surface area contributed by atoms with E-state index in [1.807, 2.05) is 0 Å². The van der Waals surface area contributed by atoms with Crippen LogP contribution in [-0.4, -0.2) is 22.4 Å². The summed E-state index contributed by atoms with van der Waals surface area (Å²) < 4.78 is 40.3. The third kappa shape index (κ3) is 2.58. The fourth-order valence-electron chi connectivity index (χ4n) is 2.70. The van der Waals surface area contributed by atoms with Gasteiger partial charge in [0.15, 0.2) is 5.65 Å². The molecule has 0 unspecified atom stereocenters. The summed E-state index contributed by atoms with van der Waals surface area (Å²) in [7, 11) is -3.77. The minimum Gasteiger partial charge on any atom is -0.237 e. The molecule has 0 radical (unpaired) electrons. The number of aromatic nitrogens is 3. The Morgan fingerprint density at radius 1 is 0.920 bits per heavy atom. The quantitative estimate of drug-likeness (QED) is 0.529. The lowest BCUT2D eigenvalue weighted by atomic mass is 10.1. The predicted octanol–water partition coefficient (Wildman–Crippen LogP) is 3.47. The van der Waals surface area contributed by atoms with Gasteiger partial charge in [0.25, 0.3) is 10.0 Å². The standard InChI is InChI=1S/C18H12FN3O2S/c19-17-8-4-7-16(21-17)14-9-11-20-18-15(14)10-12-22(18)25(23,24)13-5-2-1-3-6-13/h1-12H. The van der Waals surface area contributed by atoms with Crippen LogP contribution < -0.4 is 0 Å². The zero-order valence-corrected chi connectivity index (χ0v) is 13.7. The highest BCUT2D eigenvalue weighted by molar-refractivity contribution is 7.90. The summed E-state index contributed by atoms with van der Waals surface area (Å²) >= 11 is 0. The average Bonchev–Trinajstić information content (AvgIpc) is 3.07. The third-order valence-electron chi connectivity index (χ3n) is 3.85. The Morgan fingerprint density at radius 3 is 2.48 bits per heavy atom. The van der Waals surface area contributed by atoms with Crippen molar-refractivity contribution in [1.82, 2.24) is 13.9 Å². The molecule has 1 aromatic carbocycles.